The van der Waals surface area contributed by atoms with Gasteiger partial charge in [-0.1, -0.05) is 36.0 Å². The van der Waals surface area contributed by atoms with E-state index < -0.39 is 0 Å². The normalized spacial score (nSPS) is 16.3. The van der Waals surface area contributed by atoms with E-state index in [0.29, 0.717) is 17.8 Å². The number of aromatic nitrogens is 2. The van der Waals surface area contributed by atoms with Crippen LogP contribution in [0.3, 0.4) is 0 Å². The molecule has 4 rings (SSSR count). The van der Waals surface area contributed by atoms with Crippen LogP contribution in [0.1, 0.15) is 18.4 Å². The van der Waals surface area contributed by atoms with Crippen molar-refractivity contribution in [1.82, 2.24) is 9.97 Å². The number of nitrogens with zero attached hydrogens (tertiary/aromatic N) is 3. The Hall–Kier alpha value is -2.93. The molecule has 30 heavy (non-hydrogen) atoms. The molecule has 1 aliphatic rings. The van der Waals surface area contributed by atoms with E-state index in [1.54, 1.807) is 43.2 Å². The molecule has 2 heterocycles. The number of anilines is 2. The van der Waals surface area contributed by atoms with E-state index in [2.05, 4.69) is 20.2 Å². The van der Waals surface area contributed by atoms with Gasteiger partial charge in [0.15, 0.2) is 5.82 Å². The number of benzene rings is 2. The summed E-state index contributed by atoms with van der Waals surface area (Å²) in [6.07, 6.45) is 5.04. The minimum Gasteiger partial charge on any atom is -0.354 e. The van der Waals surface area contributed by atoms with Crippen molar-refractivity contribution >= 4 is 29.2 Å². The summed E-state index contributed by atoms with van der Waals surface area (Å²) in [7, 11) is 0. The average molecular weight is 423 g/mol. The van der Waals surface area contributed by atoms with E-state index in [9.17, 15) is 9.18 Å². The van der Waals surface area contributed by atoms with Crippen molar-refractivity contribution in [3.05, 3.63) is 72.3 Å². The van der Waals surface area contributed by atoms with E-state index >= 15 is 0 Å². The lowest BCUT2D eigenvalue weighted by molar-refractivity contribution is -0.120. The molecule has 0 aliphatic carbocycles. The molecule has 1 atom stereocenters. The van der Waals surface area contributed by atoms with Crippen LogP contribution in [0.2, 0.25) is 0 Å². The summed E-state index contributed by atoms with van der Waals surface area (Å²) < 4.78 is 13.8. The van der Waals surface area contributed by atoms with Crippen LogP contribution in [-0.2, 0) is 4.79 Å². The van der Waals surface area contributed by atoms with Crippen molar-refractivity contribution < 1.29 is 9.18 Å². The Morgan fingerprint density at radius 3 is 2.77 bits per heavy atom. The Morgan fingerprint density at radius 1 is 1.17 bits per heavy atom. The Balaban J connectivity index is 1.47. The van der Waals surface area contributed by atoms with Gasteiger partial charge in [0.05, 0.1) is 5.92 Å². The quantitative estimate of drug-likeness (QED) is 0.632. The number of nitrogens with one attached hydrogen (secondary N) is 1. The third kappa shape index (κ3) is 4.79. The molecule has 1 saturated heterocycles. The van der Waals surface area contributed by atoms with Crippen molar-refractivity contribution in [2.75, 3.05) is 23.3 Å². The maximum absolute atomic E-state index is 13.8. The Labute approximate surface area is 179 Å². The summed E-state index contributed by atoms with van der Waals surface area (Å²) >= 11 is 1.57. The van der Waals surface area contributed by atoms with Crippen molar-refractivity contribution in [1.29, 1.82) is 0 Å². The van der Waals surface area contributed by atoms with Crippen LogP contribution in [-0.4, -0.2) is 29.0 Å². The summed E-state index contributed by atoms with van der Waals surface area (Å²) in [5.74, 6) is 0.189. The predicted molar refractivity (Wildman–Crippen MR) is 117 cm³/mol. The van der Waals surface area contributed by atoms with E-state index in [-0.39, 0.29) is 17.6 Å². The van der Waals surface area contributed by atoms with Gasteiger partial charge in [-0.3, -0.25) is 4.79 Å². The van der Waals surface area contributed by atoms with Gasteiger partial charge in [0.1, 0.15) is 10.8 Å². The van der Waals surface area contributed by atoms with Gasteiger partial charge in [0.25, 0.3) is 0 Å². The number of carbonyl (C=O) groups excluding carboxylic acids is 1. The van der Waals surface area contributed by atoms with Crippen LogP contribution < -0.4 is 10.2 Å². The smallest absolute Gasteiger partial charge is 0.229 e. The van der Waals surface area contributed by atoms with Crippen molar-refractivity contribution in [2.45, 2.75) is 29.7 Å². The fourth-order valence-corrected chi connectivity index (χ4v) is 4.41. The van der Waals surface area contributed by atoms with Crippen molar-refractivity contribution in [2.24, 2.45) is 5.92 Å². The second-order valence-electron chi connectivity index (χ2n) is 7.34. The Morgan fingerprint density at radius 2 is 1.97 bits per heavy atom. The molecule has 5 nitrogen and oxygen atoms in total. The number of carbonyl (C=O) groups is 1. The largest absolute Gasteiger partial charge is 0.354 e. The second kappa shape index (κ2) is 9.26. The maximum atomic E-state index is 13.8. The van der Waals surface area contributed by atoms with E-state index in [1.165, 1.54) is 6.07 Å². The van der Waals surface area contributed by atoms with Crippen LogP contribution in [0, 0.1) is 18.7 Å². The molecule has 0 bridgehead atoms. The highest BCUT2D eigenvalue weighted by Crippen LogP contribution is 2.34. The second-order valence-corrected chi connectivity index (χ2v) is 8.40. The summed E-state index contributed by atoms with van der Waals surface area (Å²) in [5.41, 5.74) is 1.04. The topological polar surface area (TPSA) is 58.1 Å². The lowest BCUT2D eigenvalue weighted by Gasteiger charge is -2.33. The monoisotopic (exact) mass is 422 g/mol. The van der Waals surface area contributed by atoms with Crippen LogP contribution >= 0.6 is 11.8 Å². The molecule has 0 unspecified atom stereocenters. The van der Waals surface area contributed by atoms with E-state index in [1.807, 2.05) is 30.3 Å². The summed E-state index contributed by atoms with van der Waals surface area (Å²) in [5, 5.41) is 3.68. The zero-order chi connectivity index (χ0) is 20.9. The van der Waals surface area contributed by atoms with Gasteiger partial charge in [-0.25, -0.2) is 14.4 Å². The van der Waals surface area contributed by atoms with Crippen LogP contribution in [0.15, 0.2) is 70.8 Å². The first-order chi connectivity index (χ1) is 14.6. The van der Waals surface area contributed by atoms with Gasteiger partial charge in [0, 0.05) is 36.1 Å². The molecule has 1 N–H and O–H groups in total. The molecule has 7 heteroatoms. The molecule has 3 aromatic rings. The standard InChI is InChI=1S/C23H23FN4OS/c1-16-9-10-18(14-20(16)24)27-22(29)17-6-5-13-28(15-17)21-23(26-12-11-25-21)30-19-7-3-2-4-8-19/h2-4,7-12,14,17H,5-6,13,15H2,1H3,(H,27,29)/t17-/m0/s1. The number of piperidine rings is 1. The van der Waals surface area contributed by atoms with Gasteiger partial charge < -0.3 is 10.2 Å². The molecular weight excluding hydrogens is 399 g/mol. The average Bonchev–Trinajstić information content (AvgIpc) is 2.77. The minimum absolute atomic E-state index is 0.0934. The van der Waals surface area contributed by atoms with Gasteiger partial charge in [-0.2, -0.15) is 0 Å². The van der Waals surface area contributed by atoms with E-state index in [4.69, 9.17) is 0 Å². The fourth-order valence-electron chi connectivity index (χ4n) is 3.51. The molecule has 1 aromatic heterocycles. The number of hydrogen-bond donors (Lipinski definition) is 1. The number of amides is 1. The Bertz CT molecular complexity index is 1030. The molecule has 0 saturated carbocycles. The molecule has 1 amide bonds. The third-order valence-corrected chi connectivity index (χ3v) is 6.12. The number of hydrogen-bond acceptors (Lipinski definition) is 5. The first-order valence-corrected chi connectivity index (χ1v) is 10.8. The minimum atomic E-state index is -0.319. The maximum Gasteiger partial charge on any atom is 0.229 e. The zero-order valence-corrected chi connectivity index (χ0v) is 17.5. The van der Waals surface area contributed by atoms with Gasteiger partial charge >= 0.3 is 0 Å². The number of halogens is 1. The highest BCUT2D eigenvalue weighted by molar-refractivity contribution is 7.99. The fraction of sp³-hybridized carbons (Fsp3) is 0.261. The number of rotatable bonds is 5. The highest BCUT2D eigenvalue weighted by Gasteiger charge is 2.28. The predicted octanol–water partition coefficient (Wildman–Crippen LogP) is 4.93. The Kier molecular flexibility index (Phi) is 6.28. The SMILES string of the molecule is Cc1ccc(NC(=O)[C@H]2CCCN(c3nccnc3Sc3ccccc3)C2)cc1F. The van der Waals surface area contributed by atoms with Crippen LogP contribution in [0.4, 0.5) is 15.9 Å². The number of aryl methyl sites for hydroxylation is 1. The van der Waals surface area contributed by atoms with Gasteiger partial charge in [-0.15, -0.1) is 0 Å². The molecular formula is C23H23FN4OS. The van der Waals surface area contributed by atoms with Gasteiger partial charge in [-0.05, 0) is 49.6 Å². The van der Waals surface area contributed by atoms with Crippen molar-refractivity contribution in [3.63, 3.8) is 0 Å². The zero-order valence-electron chi connectivity index (χ0n) is 16.7. The van der Waals surface area contributed by atoms with E-state index in [0.717, 1.165) is 35.1 Å². The lowest BCUT2D eigenvalue weighted by atomic mass is 9.97. The summed E-state index contributed by atoms with van der Waals surface area (Å²) in [4.78, 5) is 25.1. The van der Waals surface area contributed by atoms with Crippen molar-refractivity contribution in [3.8, 4) is 0 Å². The molecule has 2 aromatic carbocycles. The van der Waals surface area contributed by atoms with Crippen LogP contribution in [0.5, 0.6) is 0 Å². The van der Waals surface area contributed by atoms with Gasteiger partial charge in [0.2, 0.25) is 5.91 Å². The molecule has 0 radical (unpaired) electrons. The first-order valence-electron chi connectivity index (χ1n) is 9.96. The first kappa shape index (κ1) is 20.3. The summed E-state index contributed by atoms with van der Waals surface area (Å²) in [6, 6.07) is 14.8. The molecule has 1 aliphatic heterocycles. The summed E-state index contributed by atoms with van der Waals surface area (Å²) in [6.45, 7) is 3.08. The third-order valence-electron chi connectivity index (χ3n) is 5.14. The molecule has 1 fully saturated rings. The van der Waals surface area contributed by atoms with Crippen LogP contribution in [0.25, 0.3) is 0 Å². The molecule has 0 spiro atoms. The lowest BCUT2D eigenvalue weighted by Crippen LogP contribution is -2.41. The highest BCUT2D eigenvalue weighted by atomic mass is 32.2. The molecule has 154 valence electrons.